The Morgan fingerprint density at radius 3 is 3.00 bits per heavy atom. The highest BCUT2D eigenvalue weighted by Crippen LogP contribution is 2.13. The summed E-state index contributed by atoms with van der Waals surface area (Å²) in [5.74, 6) is 0.328. The average molecular weight is 232 g/mol. The summed E-state index contributed by atoms with van der Waals surface area (Å²) in [6.45, 7) is 2.01. The van der Waals surface area contributed by atoms with Gasteiger partial charge in [0.25, 0.3) is 5.24 Å². The predicted octanol–water partition coefficient (Wildman–Crippen LogP) is 0.0886. The van der Waals surface area contributed by atoms with Gasteiger partial charge in [0.05, 0.1) is 0 Å². The lowest BCUT2D eigenvalue weighted by Gasteiger charge is -2.18. The van der Waals surface area contributed by atoms with Crippen LogP contribution in [0.15, 0.2) is 0 Å². The zero-order valence-corrected chi connectivity index (χ0v) is 9.47. The minimum atomic E-state index is -0.421. The second-order valence-corrected chi connectivity index (χ2v) is 4.41. The molecule has 5 nitrogen and oxygen atoms in total. The molecule has 6 heteroatoms. The van der Waals surface area contributed by atoms with Crippen LogP contribution >= 0.6 is 11.8 Å². The van der Waals surface area contributed by atoms with E-state index in [0.717, 1.165) is 18.2 Å². The van der Waals surface area contributed by atoms with Gasteiger partial charge in [0, 0.05) is 18.4 Å². The van der Waals surface area contributed by atoms with Crippen molar-refractivity contribution in [2.75, 3.05) is 12.4 Å². The number of thioether (sulfide) groups is 1. The molecule has 1 aliphatic heterocycles. The van der Waals surface area contributed by atoms with Crippen LogP contribution in [0.2, 0.25) is 0 Å². The number of aliphatic hydroxyl groups excluding tert-OH is 1. The van der Waals surface area contributed by atoms with Crippen molar-refractivity contribution in [3.63, 3.8) is 0 Å². The molecule has 0 aromatic heterocycles. The molecule has 0 aliphatic carbocycles. The van der Waals surface area contributed by atoms with E-state index < -0.39 is 6.04 Å². The molecular formula is C9H16N2O3S. The molecule has 1 heterocycles. The van der Waals surface area contributed by atoms with Crippen molar-refractivity contribution in [2.45, 2.75) is 31.8 Å². The van der Waals surface area contributed by atoms with Crippen molar-refractivity contribution in [2.24, 2.45) is 0 Å². The molecule has 0 bridgehead atoms. The van der Waals surface area contributed by atoms with Gasteiger partial charge in [-0.25, -0.2) is 0 Å². The lowest BCUT2D eigenvalue weighted by atomic mass is 10.1. The summed E-state index contributed by atoms with van der Waals surface area (Å²) < 4.78 is 0. The fourth-order valence-corrected chi connectivity index (χ4v) is 2.14. The SMILES string of the molecule is CCC(CCO)NC(=O)C1CSC(=O)N1. The molecule has 0 aromatic rings. The number of aliphatic hydroxyl groups is 1. The van der Waals surface area contributed by atoms with Crippen molar-refractivity contribution in [1.29, 1.82) is 0 Å². The Morgan fingerprint density at radius 1 is 1.80 bits per heavy atom. The number of amides is 2. The Bertz CT molecular complexity index is 248. The minimum Gasteiger partial charge on any atom is -0.396 e. The van der Waals surface area contributed by atoms with Crippen LogP contribution in [0, 0.1) is 0 Å². The molecule has 1 saturated heterocycles. The monoisotopic (exact) mass is 232 g/mol. The molecule has 0 spiro atoms. The number of carbonyl (C=O) groups is 2. The Morgan fingerprint density at radius 2 is 2.53 bits per heavy atom. The lowest BCUT2D eigenvalue weighted by molar-refractivity contribution is -0.123. The highest BCUT2D eigenvalue weighted by molar-refractivity contribution is 8.14. The maximum Gasteiger partial charge on any atom is 0.279 e. The van der Waals surface area contributed by atoms with Gasteiger partial charge >= 0.3 is 0 Å². The average Bonchev–Trinajstić information content (AvgIpc) is 2.64. The van der Waals surface area contributed by atoms with E-state index in [0.29, 0.717) is 12.2 Å². The minimum absolute atomic E-state index is 0.00926. The van der Waals surface area contributed by atoms with Crippen LogP contribution in [0.4, 0.5) is 4.79 Å². The van der Waals surface area contributed by atoms with Crippen molar-refractivity contribution >= 4 is 22.9 Å². The summed E-state index contributed by atoms with van der Waals surface area (Å²) >= 11 is 1.12. The molecular weight excluding hydrogens is 216 g/mol. The first-order valence-corrected chi connectivity index (χ1v) is 6.00. The normalized spacial score (nSPS) is 22.3. The Hall–Kier alpha value is -0.750. The van der Waals surface area contributed by atoms with Gasteiger partial charge in [-0.2, -0.15) is 0 Å². The number of rotatable bonds is 5. The highest BCUT2D eigenvalue weighted by atomic mass is 32.2. The van der Waals surface area contributed by atoms with Crippen LogP contribution in [0.1, 0.15) is 19.8 Å². The molecule has 2 atom stereocenters. The second kappa shape index (κ2) is 5.97. The number of hydrogen-bond acceptors (Lipinski definition) is 4. The van der Waals surface area contributed by atoms with Gasteiger partial charge in [-0.1, -0.05) is 18.7 Å². The third-order valence-corrected chi connectivity index (χ3v) is 3.19. The molecule has 0 radical (unpaired) electrons. The molecule has 1 aliphatic rings. The number of hydrogen-bond donors (Lipinski definition) is 3. The van der Waals surface area contributed by atoms with Gasteiger partial charge in [0.2, 0.25) is 5.91 Å². The zero-order chi connectivity index (χ0) is 11.3. The van der Waals surface area contributed by atoms with E-state index in [1.54, 1.807) is 0 Å². The van der Waals surface area contributed by atoms with Gasteiger partial charge < -0.3 is 15.7 Å². The van der Waals surface area contributed by atoms with E-state index in [1.165, 1.54) is 0 Å². The molecule has 3 N–H and O–H groups in total. The van der Waals surface area contributed by atoms with Gasteiger partial charge in [0.1, 0.15) is 6.04 Å². The van der Waals surface area contributed by atoms with E-state index in [2.05, 4.69) is 10.6 Å². The second-order valence-electron chi connectivity index (χ2n) is 3.42. The Labute approximate surface area is 93.0 Å². The van der Waals surface area contributed by atoms with Gasteiger partial charge in [-0.3, -0.25) is 9.59 Å². The molecule has 86 valence electrons. The third-order valence-electron chi connectivity index (χ3n) is 2.31. The van der Waals surface area contributed by atoms with E-state index in [1.807, 2.05) is 6.92 Å². The third kappa shape index (κ3) is 3.71. The first kappa shape index (κ1) is 12.3. The molecule has 15 heavy (non-hydrogen) atoms. The van der Waals surface area contributed by atoms with E-state index >= 15 is 0 Å². The van der Waals surface area contributed by atoms with Gasteiger partial charge in [-0.05, 0) is 12.8 Å². The molecule has 2 unspecified atom stereocenters. The summed E-state index contributed by atoms with van der Waals surface area (Å²) in [5.41, 5.74) is 0. The highest BCUT2D eigenvalue weighted by Gasteiger charge is 2.28. The largest absolute Gasteiger partial charge is 0.396 e. The first-order chi connectivity index (χ1) is 7.17. The van der Waals surface area contributed by atoms with Crippen molar-refractivity contribution in [3.8, 4) is 0 Å². The maximum absolute atomic E-state index is 11.6. The van der Waals surface area contributed by atoms with Crippen LogP contribution in [-0.2, 0) is 4.79 Å². The molecule has 1 rings (SSSR count). The molecule has 0 aromatic carbocycles. The van der Waals surface area contributed by atoms with E-state index in [9.17, 15) is 9.59 Å². The summed E-state index contributed by atoms with van der Waals surface area (Å²) in [7, 11) is 0. The summed E-state index contributed by atoms with van der Waals surface area (Å²) in [6, 6.07) is -0.430. The standard InChI is InChI=1S/C9H16N2O3S/c1-2-6(3-4-12)10-8(13)7-5-15-9(14)11-7/h6-7,12H,2-5H2,1H3,(H,10,13)(H,11,14). The Kier molecular flexibility index (Phi) is 4.90. The number of nitrogens with one attached hydrogen (secondary N) is 2. The lowest BCUT2D eigenvalue weighted by Crippen LogP contribution is -2.47. The predicted molar refractivity (Wildman–Crippen MR) is 58.7 cm³/mol. The van der Waals surface area contributed by atoms with Crippen LogP contribution in [0.3, 0.4) is 0 Å². The van der Waals surface area contributed by atoms with E-state index in [-0.39, 0.29) is 23.8 Å². The fraction of sp³-hybridized carbons (Fsp3) is 0.778. The van der Waals surface area contributed by atoms with Gasteiger partial charge in [0.15, 0.2) is 0 Å². The summed E-state index contributed by atoms with van der Waals surface area (Å²) in [6.07, 6.45) is 1.33. The van der Waals surface area contributed by atoms with E-state index in [4.69, 9.17) is 5.11 Å². The molecule has 1 fully saturated rings. The smallest absolute Gasteiger partial charge is 0.279 e. The Balaban J connectivity index is 2.36. The van der Waals surface area contributed by atoms with Crippen LogP contribution in [0.25, 0.3) is 0 Å². The molecule has 0 saturated carbocycles. The van der Waals surface area contributed by atoms with Gasteiger partial charge in [-0.15, -0.1) is 0 Å². The topological polar surface area (TPSA) is 78.4 Å². The zero-order valence-electron chi connectivity index (χ0n) is 8.66. The molecule has 2 amide bonds. The van der Waals surface area contributed by atoms with Crippen LogP contribution < -0.4 is 10.6 Å². The van der Waals surface area contributed by atoms with Crippen molar-refractivity contribution in [3.05, 3.63) is 0 Å². The fourth-order valence-electron chi connectivity index (χ4n) is 1.36. The van der Waals surface area contributed by atoms with Crippen LogP contribution in [0.5, 0.6) is 0 Å². The van der Waals surface area contributed by atoms with Crippen LogP contribution in [-0.4, -0.2) is 40.7 Å². The number of carbonyl (C=O) groups excluding carboxylic acids is 2. The van der Waals surface area contributed by atoms with Crippen molar-refractivity contribution < 1.29 is 14.7 Å². The maximum atomic E-state index is 11.6. The van der Waals surface area contributed by atoms with Crippen molar-refractivity contribution in [1.82, 2.24) is 10.6 Å². The summed E-state index contributed by atoms with van der Waals surface area (Å²) in [4.78, 5) is 22.5. The first-order valence-electron chi connectivity index (χ1n) is 5.02. The summed E-state index contributed by atoms with van der Waals surface area (Å²) in [5, 5.41) is 14.0. The quantitative estimate of drug-likeness (QED) is 0.627.